The Morgan fingerprint density at radius 1 is 1.13 bits per heavy atom. The molecule has 164 valence electrons. The summed E-state index contributed by atoms with van der Waals surface area (Å²) in [5.74, 6) is 1.08. The van der Waals surface area contributed by atoms with Gasteiger partial charge < -0.3 is 14.1 Å². The predicted octanol–water partition coefficient (Wildman–Crippen LogP) is 2.62. The van der Waals surface area contributed by atoms with Crippen molar-refractivity contribution in [2.24, 2.45) is 0 Å². The van der Waals surface area contributed by atoms with Crippen molar-refractivity contribution in [2.45, 2.75) is 63.1 Å². The number of rotatable bonds is 7. The van der Waals surface area contributed by atoms with Gasteiger partial charge in [-0.05, 0) is 43.6 Å². The van der Waals surface area contributed by atoms with Gasteiger partial charge in [-0.3, -0.25) is 0 Å². The number of ether oxygens (including phenoxy) is 1. The van der Waals surface area contributed by atoms with Crippen LogP contribution in [-0.2, 0) is 14.8 Å². The number of aromatic nitrogens is 2. The second-order valence-electron chi connectivity index (χ2n) is 8.37. The number of benzene rings is 1. The van der Waals surface area contributed by atoms with Gasteiger partial charge in [0.15, 0.2) is 0 Å². The van der Waals surface area contributed by atoms with E-state index in [4.69, 9.17) is 9.15 Å². The van der Waals surface area contributed by atoms with Crippen LogP contribution in [0.4, 0.5) is 6.01 Å². The standard InChI is InChI=1S/C21H30N4O4S/c1-15-22-23-21(29-15)25-13-12-19(24-30(2,26)27)20(25)14-28-18-10-8-17(9-11-18)16-6-4-3-5-7-16/h3-7,17-20,24H,8-14H2,1-2H3/t17-,18+,19-,20-/m0/s1. The number of sulfonamides is 1. The van der Waals surface area contributed by atoms with Gasteiger partial charge in [-0.25, -0.2) is 13.1 Å². The van der Waals surface area contributed by atoms with E-state index in [0.717, 1.165) is 25.7 Å². The third kappa shape index (κ3) is 5.19. The Morgan fingerprint density at radius 3 is 2.50 bits per heavy atom. The lowest BCUT2D eigenvalue weighted by Crippen LogP contribution is -2.48. The predicted molar refractivity (Wildman–Crippen MR) is 114 cm³/mol. The van der Waals surface area contributed by atoms with Crippen LogP contribution in [0.1, 0.15) is 49.5 Å². The van der Waals surface area contributed by atoms with Crippen LogP contribution in [0.2, 0.25) is 0 Å². The Hall–Kier alpha value is -1.97. The van der Waals surface area contributed by atoms with Gasteiger partial charge in [0.25, 0.3) is 0 Å². The van der Waals surface area contributed by atoms with Crippen molar-refractivity contribution >= 4 is 16.0 Å². The molecule has 0 radical (unpaired) electrons. The molecule has 1 N–H and O–H groups in total. The lowest BCUT2D eigenvalue weighted by molar-refractivity contribution is 0.0152. The average Bonchev–Trinajstić information content (AvgIpc) is 3.32. The first-order valence-electron chi connectivity index (χ1n) is 10.6. The molecule has 1 aliphatic heterocycles. The summed E-state index contributed by atoms with van der Waals surface area (Å²) in [5.41, 5.74) is 1.40. The quantitative estimate of drug-likeness (QED) is 0.715. The minimum Gasteiger partial charge on any atom is -0.408 e. The summed E-state index contributed by atoms with van der Waals surface area (Å²) in [6, 6.07) is 10.7. The van der Waals surface area contributed by atoms with Crippen molar-refractivity contribution in [3.8, 4) is 0 Å². The molecule has 30 heavy (non-hydrogen) atoms. The van der Waals surface area contributed by atoms with Gasteiger partial charge in [0.1, 0.15) is 0 Å². The maximum atomic E-state index is 11.8. The third-order valence-electron chi connectivity index (χ3n) is 6.12. The fourth-order valence-corrected chi connectivity index (χ4v) is 5.46. The second kappa shape index (κ2) is 9.03. The van der Waals surface area contributed by atoms with Crippen LogP contribution >= 0.6 is 0 Å². The molecule has 2 atom stereocenters. The molecule has 8 nitrogen and oxygen atoms in total. The molecule has 2 fully saturated rings. The molecule has 1 saturated carbocycles. The fourth-order valence-electron chi connectivity index (χ4n) is 4.63. The largest absolute Gasteiger partial charge is 0.408 e. The summed E-state index contributed by atoms with van der Waals surface area (Å²) in [6.07, 6.45) is 6.29. The maximum absolute atomic E-state index is 11.8. The van der Waals surface area contributed by atoms with Crippen molar-refractivity contribution in [3.05, 3.63) is 41.8 Å². The summed E-state index contributed by atoms with van der Waals surface area (Å²) in [6.45, 7) is 2.81. The van der Waals surface area contributed by atoms with E-state index in [1.165, 1.54) is 11.8 Å². The Bertz CT molecular complexity index is 925. The highest BCUT2D eigenvalue weighted by Gasteiger charge is 2.39. The molecule has 0 unspecified atom stereocenters. The normalized spacial score (nSPS) is 27.5. The highest BCUT2D eigenvalue weighted by Crippen LogP contribution is 2.34. The zero-order chi connectivity index (χ0) is 21.1. The van der Waals surface area contributed by atoms with Crippen molar-refractivity contribution in [3.63, 3.8) is 0 Å². The molecule has 0 amide bonds. The van der Waals surface area contributed by atoms with Crippen molar-refractivity contribution in [1.29, 1.82) is 0 Å². The fraction of sp³-hybridized carbons (Fsp3) is 0.619. The van der Waals surface area contributed by atoms with Crippen molar-refractivity contribution < 1.29 is 17.6 Å². The van der Waals surface area contributed by atoms with Gasteiger partial charge >= 0.3 is 6.01 Å². The molecule has 1 aromatic heterocycles. The van der Waals surface area contributed by atoms with Crippen LogP contribution in [-0.4, -0.2) is 56.2 Å². The number of hydrogen-bond donors (Lipinski definition) is 1. The molecule has 1 saturated heterocycles. The zero-order valence-corrected chi connectivity index (χ0v) is 18.3. The highest BCUT2D eigenvalue weighted by molar-refractivity contribution is 7.88. The molecule has 1 aliphatic carbocycles. The summed E-state index contributed by atoms with van der Waals surface area (Å²) in [5, 5.41) is 8.04. The molecule has 0 bridgehead atoms. The first-order chi connectivity index (χ1) is 14.4. The van der Waals surface area contributed by atoms with E-state index in [1.54, 1.807) is 6.92 Å². The number of aryl methyl sites for hydroxylation is 1. The molecule has 2 aliphatic rings. The second-order valence-corrected chi connectivity index (χ2v) is 10.1. The van der Waals surface area contributed by atoms with Gasteiger partial charge in [0.05, 0.1) is 25.0 Å². The van der Waals surface area contributed by atoms with Crippen molar-refractivity contribution in [1.82, 2.24) is 14.9 Å². The molecular weight excluding hydrogens is 404 g/mol. The average molecular weight is 435 g/mol. The Kier molecular flexibility index (Phi) is 6.40. The van der Waals surface area contributed by atoms with Crippen molar-refractivity contribution in [2.75, 3.05) is 24.3 Å². The molecule has 0 spiro atoms. The lowest BCUT2D eigenvalue weighted by atomic mass is 9.83. The van der Waals surface area contributed by atoms with Gasteiger partial charge in [-0.2, -0.15) is 0 Å². The van der Waals surface area contributed by atoms with E-state index in [-0.39, 0.29) is 18.2 Å². The maximum Gasteiger partial charge on any atom is 0.318 e. The summed E-state index contributed by atoms with van der Waals surface area (Å²) < 4.78 is 38.3. The lowest BCUT2D eigenvalue weighted by Gasteiger charge is -2.32. The summed E-state index contributed by atoms with van der Waals surface area (Å²) in [7, 11) is -3.32. The monoisotopic (exact) mass is 434 g/mol. The SMILES string of the molecule is Cc1nnc(N2CC[C@H](NS(C)(=O)=O)[C@@H]2CO[C@H]2CC[C@@H](c3ccccc3)CC2)o1. The summed E-state index contributed by atoms with van der Waals surface area (Å²) in [4.78, 5) is 1.97. The van der Waals surface area contributed by atoms with E-state index >= 15 is 0 Å². The van der Waals surface area contributed by atoms with Crippen LogP contribution in [0, 0.1) is 6.92 Å². The van der Waals surface area contributed by atoms with Crippen LogP contribution in [0.15, 0.2) is 34.7 Å². The van der Waals surface area contributed by atoms with Gasteiger partial charge in [0.2, 0.25) is 15.9 Å². The highest BCUT2D eigenvalue weighted by atomic mass is 32.2. The van der Waals surface area contributed by atoms with Gasteiger partial charge in [-0.15, -0.1) is 5.10 Å². The van der Waals surface area contributed by atoms with E-state index < -0.39 is 10.0 Å². The number of nitrogens with zero attached hydrogens (tertiary/aromatic N) is 3. The molecule has 2 aromatic rings. The van der Waals surface area contributed by atoms with Crippen LogP contribution < -0.4 is 9.62 Å². The van der Waals surface area contributed by atoms with Crippen LogP contribution in [0.25, 0.3) is 0 Å². The molecule has 2 heterocycles. The minimum absolute atomic E-state index is 0.175. The molecular formula is C21H30N4O4S. The number of hydrogen-bond acceptors (Lipinski definition) is 7. The van der Waals surface area contributed by atoms with E-state index in [0.29, 0.717) is 37.4 Å². The summed E-state index contributed by atoms with van der Waals surface area (Å²) >= 11 is 0. The molecule has 1 aromatic carbocycles. The van der Waals surface area contributed by atoms with Gasteiger partial charge in [0, 0.05) is 19.5 Å². The van der Waals surface area contributed by atoms with Crippen LogP contribution in [0.5, 0.6) is 0 Å². The van der Waals surface area contributed by atoms with E-state index in [1.807, 2.05) is 4.90 Å². The number of nitrogens with one attached hydrogen (secondary N) is 1. The number of anilines is 1. The van der Waals surface area contributed by atoms with E-state index in [2.05, 4.69) is 45.3 Å². The minimum atomic E-state index is -3.32. The van der Waals surface area contributed by atoms with Crippen LogP contribution in [0.3, 0.4) is 0 Å². The molecule has 9 heteroatoms. The smallest absolute Gasteiger partial charge is 0.318 e. The zero-order valence-electron chi connectivity index (χ0n) is 17.5. The first-order valence-corrected chi connectivity index (χ1v) is 12.5. The Balaban J connectivity index is 1.37. The topological polar surface area (TPSA) is 97.6 Å². The van der Waals surface area contributed by atoms with E-state index in [9.17, 15) is 8.42 Å². The third-order valence-corrected chi connectivity index (χ3v) is 6.85. The molecule has 4 rings (SSSR count). The Morgan fingerprint density at radius 2 is 1.87 bits per heavy atom. The Labute approximate surface area is 178 Å². The first kappa shape index (κ1) is 21.3. The van der Waals surface area contributed by atoms with Gasteiger partial charge in [-0.1, -0.05) is 35.4 Å².